The molecule has 1 N–H and O–H groups in total. The van der Waals surface area contributed by atoms with Crippen LogP contribution in [0, 0.1) is 12.8 Å². The van der Waals surface area contributed by atoms with Crippen LogP contribution in [0.5, 0.6) is 11.5 Å². The van der Waals surface area contributed by atoms with Gasteiger partial charge in [-0.2, -0.15) is 0 Å². The molecule has 1 unspecified atom stereocenters. The molecule has 2 aliphatic rings. The number of ether oxygens (including phenoxy) is 2. The molecule has 2 aliphatic carbocycles. The molecule has 1 atom stereocenters. The molecule has 2 aromatic carbocycles. The highest BCUT2D eigenvalue weighted by molar-refractivity contribution is 7.16. The number of nitrogens with one attached hydrogen (secondary N) is 1. The Morgan fingerprint density at radius 1 is 1.14 bits per heavy atom. The zero-order chi connectivity index (χ0) is 25.1. The predicted octanol–water partition coefficient (Wildman–Crippen LogP) is 6.80. The van der Waals surface area contributed by atoms with Crippen LogP contribution in [0.4, 0.5) is 5.00 Å². The molecule has 1 fully saturated rings. The highest BCUT2D eigenvalue weighted by Gasteiger charge is 2.31. The summed E-state index contributed by atoms with van der Waals surface area (Å²) in [6.07, 6.45) is 8.32. The number of amides is 1. The Morgan fingerprint density at radius 3 is 2.67 bits per heavy atom. The van der Waals surface area contributed by atoms with Gasteiger partial charge in [0.05, 0.1) is 12.7 Å². The van der Waals surface area contributed by atoms with Crippen LogP contribution in [0.3, 0.4) is 0 Å². The molecule has 0 spiro atoms. The second-order valence-electron chi connectivity index (χ2n) is 9.89. The first-order valence-electron chi connectivity index (χ1n) is 12.9. The Hall–Kier alpha value is -3.12. The SMILES string of the molecule is CCC1CCc2c(sc(/N=C/c3ccc(OC)c(OCc4ccc(C)cc4)c3)c2C(=O)NC2CC2)C1. The van der Waals surface area contributed by atoms with Crippen LogP contribution in [0.2, 0.25) is 0 Å². The van der Waals surface area contributed by atoms with Crippen molar-refractivity contribution in [2.24, 2.45) is 10.9 Å². The van der Waals surface area contributed by atoms with Crippen LogP contribution in [-0.4, -0.2) is 25.3 Å². The average molecular weight is 503 g/mol. The fourth-order valence-electron chi connectivity index (χ4n) is 4.66. The monoisotopic (exact) mass is 502 g/mol. The van der Waals surface area contributed by atoms with E-state index in [0.29, 0.717) is 30.1 Å². The Morgan fingerprint density at radius 2 is 1.94 bits per heavy atom. The number of methoxy groups -OCH3 is 1. The molecule has 188 valence electrons. The Kier molecular flexibility index (Phi) is 7.42. The lowest BCUT2D eigenvalue weighted by Gasteiger charge is -2.21. The molecule has 1 heterocycles. The third-order valence-electron chi connectivity index (χ3n) is 7.10. The number of benzene rings is 2. The minimum absolute atomic E-state index is 0.0361. The number of rotatable bonds is 9. The summed E-state index contributed by atoms with van der Waals surface area (Å²) in [5.74, 6) is 2.09. The maximum atomic E-state index is 13.2. The number of aryl methyl sites for hydroxylation is 1. The van der Waals surface area contributed by atoms with E-state index >= 15 is 0 Å². The number of nitrogens with zero attached hydrogens (tertiary/aromatic N) is 1. The van der Waals surface area contributed by atoms with Crippen molar-refractivity contribution < 1.29 is 14.3 Å². The number of carbonyl (C=O) groups excluding carboxylic acids is 1. The van der Waals surface area contributed by atoms with Crippen molar-refractivity contribution in [1.29, 1.82) is 0 Å². The minimum Gasteiger partial charge on any atom is -0.493 e. The first-order valence-corrected chi connectivity index (χ1v) is 13.7. The molecule has 5 nitrogen and oxygen atoms in total. The number of fused-ring (bicyclic) bond motifs is 1. The van der Waals surface area contributed by atoms with E-state index in [2.05, 4.69) is 43.4 Å². The number of thiophene rings is 1. The van der Waals surface area contributed by atoms with Crippen LogP contribution in [0.15, 0.2) is 47.5 Å². The quantitative estimate of drug-likeness (QED) is 0.327. The molecular formula is C30H34N2O3S. The van der Waals surface area contributed by atoms with Crippen LogP contribution in [0.25, 0.3) is 0 Å². The van der Waals surface area contributed by atoms with Gasteiger partial charge < -0.3 is 14.8 Å². The summed E-state index contributed by atoms with van der Waals surface area (Å²) in [5, 5.41) is 4.00. The van der Waals surface area contributed by atoms with Gasteiger partial charge in [0.1, 0.15) is 11.6 Å². The first-order chi connectivity index (χ1) is 17.5. The second-order valence-corrected chi connectivity index (χ2v) is 11.0. The lowest BCUT2D eigenvalue weighted by atomic mass is 9.85. The Bertz CT molecular complexity index is 1260. The minimum atomic E-state index is 0.0361. The summed E-state index contributed by atoms with van der Waals surface area (Å²) >= 11 is 1.68. The zero-order valence-corrected chi connectivity index (χ0v) is 22.1. The van der Waals surface area contributed by atoms with Gasteiger partial charge in [0.2, 0.25) is 0 Å². The van der Waals surface area contributed by atoms with Crippen molar-refractivity contribution in [3.63, 3.8) is 0 Å². The molecule has 3 aromatic rings. The summed E-state index contributed by atoms with van der Waals surface area (Å²) in [6.45, 7) is 4.79. The van der Waals surface area contributed by atoms with Crippen molar-refractivity contribution in [3.05, 3.63) is 75.2 Å². The lowest BCUT2D eigenvalue weighted by molar-refractivity contribution is 0.0951. The van der Waals surface area contributed by atoms with Gasteiger partial charge in [0, 0.05) is 17.1 Å². The maximum absolute atomic E-state index is 13.2. The fourth-order valence-corrected chi connectivity index (χ4v) is 5.97. The normalized spacial score (nSPS) is 17.1. The van der Waals surface area contributed by atoms with Crippen molar-refractivity contribution in [2.75, 3.05) is 7.11 Å². The number of hydrogen-bond acceptors (Lipinski definition) is 5. The lowest BCUT2D eigenvalue weighted by Crippen LogP contribution is -2.26. The van der Waals surface area contributed by atoms with Gasteiger partial charge in [-0.15, -0.1) is 11.3 Å². The zero-order valence-electron chi connectivity index (χ0n) is 21.3. The van der Waals surface area contributed by atoms with Crippen LogP contribution < -0.4 is 14.8 Å². The predicted molar refractivity (Wildman–Crippen MR) is 146 cm³/mol. The molecule has 0 bridgehead atoms. The number of carbonyl (C=O) groups is 1. The van der Waals surface area contributed by atoms with E-state index in [-0.39, 0.29) is 5.91 Å². The summed E-state index contributed by atoms with van der Waals surface area (Å²) in [6, 6.07) is 14.4. The van der Waals surface area contributed by atoms with E-state index in [1.165, 1.54) is 22.4 Å². The van der Waals surface area contributed by atoms with Gasteiger partial charge in [-0.05, 0) is 79.8 Å². The van der Waals surface area contributed by atoms with Crippen molar-refractivity contribution >= 4 is 28.5 Å². The highest BCUT2D eigenvalue weighted by atomic mass is 32.1. The van der Waals surface area contributed by atoms with Crippen LogP contribution in [0.1, 0.15) is 70.1 Å². The first kappa shape index (κ1) is 24.6. The van der Waals surface area contributed by atoms with E-state index in [1.807, 2.05) is 24.4 Å². The van der Waals surface area contributed by atoms with Crippen LogP contribution in [-0.2, 0) is 19.4 Å². The summed E-state index contributed by atoms with van der Waals surface area (Å²) in [5.41, 5.74) is 5.23. The van der Waals surface area contributed by atoms with Gasteiger partial charge in [-0.3, -0.25) is 4.79 Å². The van der Waals surface area contributed by atoms with Crippen LogP contribution >= 0.6 is 11.3 Å². The van der Waals surface area contributed by atoms with Gasteiger partial charge in [-0.25, -0.2) is 4.99 Å². The van der Waals surface area contributed by atoms with Crippen molar-refractivity contribution in [1.82, 2.24) is 5.32 Å². The summed E-state index contributed by atoms with van der Waals surface area (Å²) in [4.78, 5) is 19.3. The van der Waals surface area contributed by atoms with E-state index in [1.54, 1.807) is 18.4 Å². The van der Waals surface area contributed by atoms with E-state index < -0.39 is 0 Å². The Balaban J connectivity index is 1.39. The maximum Gasteiger partial charge on any atom is 0.254 e. The molecule has 1 saturated carbocycles. The fraction of sp³-hybridized carbons (Fsp3) is 0.400. The largest absolute Gasteiger partial charge is 0.493 e. The molecule has 1 aromatic heterocycles. The smallest absolute Gasteiger partial charge is 0.254 e. The van der Waals surface area contributed by atoms with E-state index in [0.717, 1.165) is 53.8 Å². The molecule has 0 saturated heterocycles. The standard InChI is InChI=1S/C30H34N2O3S/c1-4-20-9-13-24-27(16-20)36-30(28(24)29(33)32-23-11-12-23)31-17-22-10-14-25(34-3)26(15-22)35-18-21-7-5-19(2)6-8-21/h5-8,10,14-15,17,20,23H,4,9,11-13,16,18H2,1-3H3,(H,32,33)/b31-17+. The topological polar surface area (TPSA) is 59.9 Å². The molecule has 1 amide bonds. The van der Waals surface area contributed by atoms with E-state index in [4.69, 9.17) is 14.5 Å². The van der Waals surface area contributed by atoms with Gasteiger partial charge in [0.25, 0.3) is 5.91 Å². The second kappa shape index (κ2) is 10.9. The number of hydrogen-bond donors (Lipinski definition) is 1. The van der Waals surface area contributed by atoms with Gasteiger partial charge in [0.15, 0.2) is 11.5 Å². The summed E-state index contributed by atoms with van der Waals surface area (Å²) in [7, 11) is 1.65. The van der Waals surface area contributed by atoms with Gasteiger partial charge in [-0.1, -0.05) is 43.2 Å². The van der Waals surface area contributed by atoms with E-state index in [9.17, 15) is 4.79 Å². The molecule has 0 aliphatic heterocycles. The molecule has 0 radical (unpaired) electrons. The number of aliphatic imine (C=N–C) groups is 1. The molecule has 36 heavy (non-hydrogen) atoms. The van der Waals surface area contributed by atoms with Gasteiger partial charge >= 0.3 is 0 Å². The Labute approximate surface area is 217 Å². The van der Waals surface area contributed by atoms with Crippen molar-refractivity contribution in [3.8, 4) is 11.5 Å². The van der Waals surface area contributed by atoms with Crippen molar-refractivity contribution in [2.45, 2.75) is 65.0 Å². The highest BCUT2D eigenvalue weighted by Crippen LogP contribution is 2.42. The third-order valence-corrected chi connectivity index (χ3v) is 8.26. The average Bonchev–Trinajstić information content (AvgIpc) is 3.63. The third kappa shape index (κ3) is 5.65. The molecule has 6 heteroatoms. The summed E-state index contributed by atoms with van der Waals surface area (Å²) < 4.78 is 11.6. The molecule has 5 rings (SSSR count). The molecular weight excluding hydrogens is 468 g/mol.